The first kappa shape index (κ1) is 32.1. The molecule has 0 saturated heterocycles. The highest BCUT2D eigenvalue weighted by Gasteiger charge is 2.47. The predicted octanol–water partition coefficient (Wildman–Crippen LogP) is 8.96. The highest BCUT2D eigenvalue weighted by Crippen LogP contribution is 2.52. The molecule has 0 amide bonds. The Morgan fingerprint density at radius 3 is 2.27 bits per heavy atom. The monoisotopic (exact) mass is 766 g/mol. The summed E-state index contributed by atoms with van der Waals surface area (Å²) in [7, 11) is 0. The van der Waals surface area contributed by atoms with Gasteiger partial charge in [0.2, 0.25) is 0 Å². The van der Waals surface area contributed by atoms with Gasteiger partial charge in [0, 0.05) is 76.3 Å². The van der Waals surface area contributed by atoms with Crippen molar-refractivity contribution in [3.63, 3.8) is 0 Å². The van der Waals surface area contributed by atoms with Gasteiger partial charge in [-0.25, -0.2) is 9.97 Å². The zero-order valence-electron chi connectivity index (χ0n) is 32.2. The van der Waals surface area contributed by atoms with E-state index in [1.165, 1.54) is 33.2 Å². The van der Waals surface area contributed by atoms with Gasteiger partial charge in [-0.3, -0.25) is 24.1 Å². The van der Waals surface area contributed by atoms with Gasteiger partial charge in [0.15, 0.2) is 5.82 Å². The van der Waals surface area contributed by atoms with Crippen LogP contribution in [0.15, 0.2) is 165 Å². The van der Waals surface area contributed by atoms with Crippen LogP contribution in [0.3, 0.4) is 0 Å². The van der Waals surface area contributed by atoms with Crippen LogP contribution in [0.4, 0.5) is 0 Å². The molecule has 4 aliphatic rings. The molecule has 278 valence electrons. The van der Waals surface area contributed by atoms with Crippen LogP contribution >= 0.6 is 0 Å². The van der Waals surface area contributed by atoms with Crippen LogP contribution in [-0.4, -0.2) is 45.3 Å². The molecular formula is C51H31BN8. The summed E-state index contributed by atoms with van der Waals surface area (Å²) >= 11 is 0. The van der Waals surface area contributed by atoms with Crippen molar-refractivity contribution in [3.8, 4) is 39.7 Å². The number of pyridine rings is 3. The normalized spacial score (nSPS) is 15.5. The standard InChI is InChI=1S/C51H31BN8/c1-29-12-8-18-35-48-40(29)41-45-37(19-10-22-54-45)58(33-16-6-3-7-17-33)51(41)60(48)39-28-32(50-56-23-11-24-57-50)27-38-43(39)52(35)36-20-25-55-46-42-44-31(15-9-21-53-44)26-34(30-13-4-2-5-14-30)47(42)59(38)49(36)46/h2-25,27-28,34H,1,26H2. The first-order chi connectivity index (χ1) is 29.7. The smallest absolute Gasteiger partial charge is 0.252 e. The van der Waals surface area contributed by atoms with Crippen molar-refractivity contribution in [2.45, 2.75) is 12.3 Å². The zero-order chi connectivity index (χ0) is 39.2. The fourth-order valence-corrected chi connectivity index (χ4v) is 10.9. The summed E-state index contributed by atoms with van der Waals surface area (Å²) in [6, 6.07) is 38.8. The van der Waals surface area contributed by atoms with E-state index >= 15 is 0 Å². The van der Waals surface area contributed by atoms with Crippen molar-refractivity contribution in [1.29, 1.82) is 0 Å². The van der Waals surface area contributed by atoms with Crippen LogP contribution in [0.25, 0.3) is 83.9 Å². The lowest BCUT2D eigenvalue weighted by Gasteiger charge is -2.37. The van der Waals surface area contributed by atoms with E-state index in [-0.39, 0.29) is 12.6 Å². The molecule has 8 nitrogen and oxygen atoms in total. The second kappa shape index (κ2) is 11.6. The van der Waals surface area contributed by atoms with Crippen molar-refractivity contribution in [2.24, 2.45) is 0 Å². The molecule has 0 fully saturated rings. The van der Waals surface area contributed by atoms with Gasteiger partial charge in [-0.2, -0.15) is 0 Å². The summed E-state index contributed by atoms with van der Waals surface area (Å²) in [4.78, 5) is 25.2. The quantitative estimate of drug-likeness (QED) is 0.168. The van der Waals surface area contributed by atoms with Crippen LogP contribution in [0.5, 0.6) is 0 Å². The topological polar surface area (TPSA) is 79.2 Å². The van der Waals surface area contributed by atoms with E-state index in [4.69, 9.17) is 31.5 Å². The fourth-order valence-electron chi connectivity index (χ4n) is 10.9. The van der Waals surface area contributed by atoms with E-state index in [1.54, 1.807) is 0 Å². The summed E-state index contributed by atoms with van der Waals surface area (Å²) in [6.07, 6.45) is 17.0. The van der Waals surface area contributed by atoms with E-state index < -0.39 is 0 Å². The van der Waals surface area contributed by atoms with E-state index in [0.29, 0.717) is 5.82 Å². The van der Waals surface area contributed by atoms with Crippen molar-refractivity contribution < 1.29 is 0 Å². The Morgan fingerprint density at radius 1 is 0.667 bits per heavy atom. The molecular weight excluding hydrogens is 735 g/mol. The number of hydrogen-bond donors (Lipinski definition) is 0. The lowest BCUT2D eigenvalue weighted by molar-refractivity contribution is 0.742. The number of allylic oxidation sites excluding steroid dienone is 4. The summed E-state index contributed by atoms with van der Waals surface area (Å²) in [5, 5.41) is 1.09. The van der Waals surface area contributed by atoms with Crippen molar-refractivity contribution in [2.75, 3.05) is 0 Å². The molecule has 60 heavy (non-hydrogen) atoms. The number of fused-ring (bicyclic) bond motifs is 14. The maximum Gasteiger partial charge on any atom is 0.252 e. The van der Waals surface area contributed by atoms with Gasteiger partial charge >= 0.3 is 0 Å². The minimum atomic E-state index is -0.112. The minimum Gasteiger partial charge on any atom is -0.312 e. The third-order valence-corrected chi connectivity index (χ3v) is 13.2. The van der Waals surface area contributed by atoms with Crippen LogP contribution in [0.2, 0.25) is 0 Å². The fraction of sp³-hybridized carbons (Fsp3) is 0.0392. The highest BCUT2D eigenvalue weighted by atomic mass is 15.2. The molecule has 0 saturated carbocycles. The molecule has 0 radical (unpaired) electrons. The van der Waals surface area contributed by atoms with Crippen molar-refractivity contribution in [1.82, 2.24) is 38.6 Å². The Kier molecular flexibility index (Phi) is 6.21. The number of aromatic nitrogens is 8. The Morgan fingerprint density at radius 2 is 1.42 bits per heavy atom. The average molecular weight is 767 g/mol. The van der Waals surface area contributed by atoms with Crippen molar-refractivity contribution >= 4 is 61.8 Å². The lowest BCUT2D eigenvalue weighted by Crippen LogP contribution is -2.53. The van der Waals surface area contributed by atoms with E-state index in [1.807, 2.05) is 43.1 Å². The Balaban J connectivity index is 1.21. The van der Waals surface area contributed by atoms with Gasteiger partial charge in [0.25, 0.3) is 6.71 Å². The third-order valence-electron chi connectivity index (χ3n) is 13.2. The zero-order valence-corrected chi connectivity index (χ0v) is 32.2. The summed E-state index contributed by atoms with van der Waals surface area (Å²) in [6.45, 7) is 4.62. The second-order valence-corrected chi connectivity index (χ2v) is 16.1. The number of hydrogen-bond acceptors (Lipinski definition) is 5. The first-order valence-electron chi connectivity index (χ1n) is 20.4. The number of nitrogens with zero attached hydrogens (tertiary/aromatic N) is 8. The molecule has 14 rings (SSSR count). The van der Waals surface area contributed by atoms with Gasteiger partial charge in [-0.05, 0) is 94.1 Å². The Labute approximate surface area is 344 Å². The summed E-state index contributed by atoms with van der Waals surface area (Å²) in [5.74, 6) is 0.726. The Hall–Kier alpha value is -7.91. The van der Waals surface area contributed by atoms with Gasteiger partial charge in [0.05, 0.1) is 38.8 Å². The van der Waals surface area contributed by atoms with Gasteiger partial charge in [-0.15, -0.1) is 0 Å². The molecule has 0 N–H and O–H groups in total. The first-order valence-corrected chi connectivity index (χ1v) is 20.4. The summed E-state index contributed by atoms with van der Waals surface area (Å²) < 4.78 is 7.41. The predicted molar refractivity (Wildman–Crippen MR) is 240 cm³/mol. The average Bonchev–Trinajstić information content (AvgIpc) is 3.92. The highest BCUT2D eigenvalue weighted by molar-refractivity contribution is 7.03. The second-order valence-electron chi connectivity index (χ2n) is 16.1. The Bertz CT molecular complexity index is 3590. The number of benzene rings is 3. The molecule has 10 aromatic rings. The lowest BCUT2D eigenvalue weighted by atomic mass is 9.33. The van der Waals surface area contributed by atoms with E-state index in [2.05, 4.69) is 129 Å². The van der Waals surface area contributed by atoms with Crippen LogP contribution in [-0.2, 0) is 6.42 Å². The molecule has 7 aromatic heterocycles. The number of rotatable bonds is 3. The van der Waals surface area contributed by atoms with Gasteiger partial charge < -0.3 is 4.57 Å². The molecule has 1 atom stereocenters. The number of para-hydroxylation sites is 1. The molecule has 9 heteroatoms. The van der Waals surface area contributed by atoms with E-state index in [0.717, 1.165) is 90.2 Å². The molecule has 3 aromatic carbocycles. The third kappa shape index (κ3) is 3.98. The maximum absolute atomic E-state index is 5.26. The summed E-state index contributed by atoms with van der Waals surface area (Å²) in [5.41, 5.74) is 22.0. The van der Waals surface area contributed by atoms with Crippen LogP contribution < -0.4 is 10.9 Å². The minimum absolute atomic E-state index is 0.0582. The van der Waals surface area contributed by atoms with Gasteiger partial charge in [-0.1, -0.05) is 79.4 Å². The van der Waals surface area contributed by atoms with E-state index in [9.17, 15) is 0 Å². The molecule has 0 spiro atoms. The van der Waals surface area contributed by atoms with Crippen LogP contribution in [0, 0.1) is 0 Å². The molecule has 9 heterocycles. The largest absolute Gasteiger partial charge is 0.312 e. The molecule has 2 aliphatic carbocycles. The molecule has 1 unspecified atom stereocenters. The molecule has 2 aliphatic heterocycles. The van der Waals surface area contributed by atoms with Crippen LogP contribution in [0.1, 0.15) is 34.0 Å². The van der Waals surface area contributed by atoms with Crippen molar-refractivity contribution in [3.05, 3.63) is 193 Å². The van der Waals surface area contributed by atoms with Gasteiger partial charge in [0.1, 0.15) is 5.65 Å². The SMILES string of the molecule is C=C1C=CC=C2B3c4c(cc(-c5ncccn5)cc4-n4c2c1c1c2ncccc2n(-c2ccccc2)c14)-n1c2c(c4nccc3c41)-c1ncccc1CC2c1ccccc1. The molecule has 0 bridgehead atoms. The maximum atomic E-state index is 5.26.